The van der Waals surface area contributed by atoms with Crippen LogP contribution in [0.15, 0.2) is 27.9 Å². The van der Waals surface area contributed by atoms with Crippen LogP contribution in [0, 0.1) is 0 Å². The number of sulfonamides is 1. The van der Waals surface area contributed by atoms with Gasteiger partial charge in [0.1, 0.15) is 0 Å². The number of piperazine rings is 1. The van der Waals surface area contributed by atoms with Crippen molar-refractivity contribution in [3.63, 3.8) is 0 Å². The summed E-state index contributed by atoms with van der Waals surface area (Å²) in [4.78, 5) is 12.2. The number of nitrogens with one attached hydrogen (secondary N) is 1. The van der Waals surface area contributed by atoms with Crippen molar-refractivity contribution in [1.82, 2.24) is 14.2 Å². The number of hydrogen-bond acceptors (Lipinski definition) is 5. The molecule has 6 nitrogen and oxygen atoms in total. The highest BCUT2D eigenvalue weighted by molar-refractivity contribution is 7.89. The third-order valence-corrected chi connectivity index (χ3v) is 6.64. The molecule has 3 rings (SSSR count). The van der Waals surface area contributed by atoms with Crippen LogP contribution in [-0.4, -0.2) is 43.5 Å². The van der Waals surface area contributed by atoms with E-state index in [1.54, 1.807) is 22.8 Å². The second kappa shape index (κ2) is 6.11. The Morgan fingerprint density at radius 1 is 1.27 bits per heavy atom. The first kappa shape index (κ1) is 15.7. The highest BCUT2D eigenvalue weighted by Gasteiger charge is 2.26. The third-order valence-electron chi connectivity index (χ3n) is 3.80. The summed E-state index contributed by atoms with van der Waals surface area (Å²) in [6.45, 7) is 4.96. The standard InChI is InChI=1S/C14H19N3O3S2/c1-2-7-17-12-4-3-11(10-13(12)21-14(17)18)22(19,20)16-8-5-15-6-9-16/h3-4,10,15H,2,5-9H2,1H3. The zero-order valence-electron chi connectivity index (χ0n) is 12.4. The summed E-state index contributed by atoms with van der Waals surface area (Å²) in [5.41, 5.74) is 0.816. The normalized spacial score (nSPS) is 17.1. The maximum absolute atomic E-state index is 12.7. The van der Waals surface area contributed by atoms with Crippen LogP contribution in [0.3, 0.4) is 0 Å². The van der Waals surface area contributed by atoms with Gasteiger partial charge in [0, 0.05) is 32.7 Å². The molecule has 1 saturated heterocycles. The predicted molar refractivity (Wildman–Crippen MR) is 88.0 cm³/mol. The van der Waals surface area contributed by atoms with E-state index >= 15 is 0 Å². The Morgan fingerprint density at radius 2 is 2.00 bits per heavy atom. The monoisotopic (exact) mass is 341 g/mol. The van der Waals surface area contributed by atoms with Crippen LogP contribution >= 0.6 is 11.3 Å². The molecule has 0 atom stereocenters. The van der Waals surface area contributed by atoms with Crippen molar-refractivity contribution in [3.05, 3.63) is 27.9 Å². The maximum atomic E-state index is 12.7. The fourth-order valence-corrected chi connectivity index (χ4v) is 5.18. The number of fused-ring (bicyclic) bond motifs is 1. The molecular weight excluding hydrogens is 322 g/mol. The molecule has 0 spiro atoms. The molecule has 2 heterocycles. The second-order valence-electron chi connectivity index (χ2n) is 5.30. The van der Waals surface area contributed by atoms with E-state index in [9.17, 15) is 13.2 Å². The largest absolute Gasteiger partial charge is 0.314 e. The number of benzene rings is 1. The highest BCUT2D eigenvalue weighted by atomic mass is 32.2. The van der Waals surface area contributed by atoms with Gasteiger partial charge in [-0.1, -0.05) is 18.3 Å². The highest BCUT2D eigenvalue weighted by Crippen LogP contribution is 2.24. The first-order valence-corrected chi connectivity index (χ1v) is 9.64. The van der Waals surface area contributed by atoms with Crippen molar-refractivity contribution >= 4 is 31.6 Å². The second-order valence-corrected chi connectivity index (χ2v) is 8.23. The molecule has 0 unspecified atom stereocenters. The van der Waals surface area contributed by atoms with E-state index in [1.807, 2.05) is 6.92 Å². The Balaban J connectivity index is 2.03. The predicted octanol–water partition coefficient (Wildman–Crippen LogP) is 1.07. The number of thiazole rings is 1. The van der Waals surface area contributed by atoms with Gasteiger partial charge in [0.15, 0.2) is 0 Å². The lowest BCUT2D eigenvalue weighted by molar-refractivity contribution is 0.360. The van der Waals surface area contributed by atoms with Crippen molar-refractivity contribution in [2.24, 2.45) is 0 Å². The van der Waals surface area contributed by atoms with E-state index in [0.717, 1.165) is 28.0 Å². The minimum absolute atomic E-state index is 0.0337. The average Bonchev–Trinajstić information content (AvgIpc) is 2.84. The first-order chi connectivity index (χ1) is 10.5. The van der Waals surface area contributed by atoms with Crippen LogP contribution in [0.5, 0.6) is 0 Å². The van der Waals surface area contributed by atoms with Gasteiger partial charge < -0.3 is 5.32 Å². The summed E-state index contributed by atoms with van der Waals surface area (Å²) in [6.07, 6.45) is 0.868. The molecule has 8 heteroatoms. The molecule has 0 radical (unpaired) electrons. The number of aromatic nitrogens is 1. The average molecular weight is 341 g/mol. The number of rotatable bonds is 4. The van der Waals surface area contributed by atoms with Crippen LogP contribution in [0.1, 0.15) is 13.3 Å². The van der Waals surface area contributed by atoms with Crippen LogP contribution < -0.4 is 10.2 Å². The van der Waals surface area contributed by atoms with Crippen LogP contribution in [0.25, 0.3) is 10.2 Å². The van der Waals surface area contributed by atoms with Crippen LogP contribution in [-0.2, 0) is 16.6 Å². The number of hydrogen-bond donors (Lipinski definition) is 1. The molecule has 0 bridgehead atoms. The van der Waals surface area contributed by atoms with Gasteiger partial charge in [0.2, 0.25) is 10.0 Å². The number of aryl methyl sites for hydroxylation is 1. The Kier molecular flexibility index (Phi) is 4.35. The Bertz CT molecular complexity index is 833. The lowest BCUT2D eigenvalue weighted by Gasteiger charge is -2.26. The topological polar surface area (TPSA) is 71.4 Å². The lowest BCUT2D eigenvalue weighted by Crippen LogP contribution is -2.46. The fraction of sp³-hybridized carbons (Fsp3) is 0.500. The summed E-state index contributed by atoms with van der Waals surface area (Å²) in [5.74, 6) is 0. The Labute approximate surface area is 133 Å². The van der Waals surface area contributed by atoms with Crippen LogP contribution in [0.4, 0.5) is 0 Å². The van der Waals surface area contributed by atoms with Gasteiger partial charge in [0.25, 0.3) is 0 Å². The van der Waals surface area contributed by atoms with Gasteiger partial charge in [-0.25, -0.2) is 8.42 Å². The summed E-state index contributed by atoms with van der Waals surface area (Å²) >= 11 is 1.11. The molecule has 0 aliphatic carbocycles. The lowest BCUT2D eigenvalue weighted by atomic mass is 10.3. The summed E-state index contributed by atoms with van der Waals surface area (Å²) in [6, 6.07) is 4.99. The number of nitrogens with zero attached hydrogens (tertiary/aromatic N) is 2. The molecule has 22 heavy (non-hydrogen) atoms. The zero-order chi connectivity index (χ0) is 15.7. The van der Waals surface area contributed by atoms with E-state index in [1.165, 1.54) is 4.31 Å². The Morgan fingerprint density at radius 3 is 2.68 bits per heavy atom. The summed E-state index contributed by atoms with van der Waals surface area (Å²) in [7, 11) is -3.48. The van der Waals surface area contributed by atoms with Crippen molar-refractivity contribution < 1.29 is 8.42 Å². The first-order valence-electron chi connectivity index (χ1n) is 7.38. The zero-order valence-corrected chi connectivity index (χ0v) is 14.0. The molecule has 2 aromatic rings. The fourth-order valence-electron chi connectivity index (χ4n) is 2.68. The van der Waals surface area contributed by atoms with Crippen molar-refractivity contribution in [1.29, 1.82) is 0 Å². The van der Waals surface area contributed by atoms with E-state index < -0.39 is 10.0 Å². The molecule has 1 N–H and O–H groups in total. The van der Waals surface area contributed by atoms with Crippen LogP contribution in [0.2, 0.25) is 0 Å². The van der Waals surface area contributed by atoms with Crippen molar-refractivity contribution in [2.75, 3.05) is 26.2 Å². The van der Waals surface area contributed by atoms with E-state index in [2.05, 4.69) is 5.32 Å². The molecule has 1 aliphatic heterocycles. The van der Waals surface area contributed by atoms with Gasteiger partial charge in [-0.05, 0) is 24.6 Å². The third kappa shape index (κ3) is 2.71. The van der Waals surface area contributed by atoms with E-state index in [0.29, 0.717) is 32.7 Å². The minimum Gasteiger partial charge on any atom is -0.314 e. The van der Waals surface area contributed by atoms with Gasteiger partial charge >= 0.3 is 4.87 Å². The van der Waals surface area contributed by atoms with E-state index in [-0.39, 0.29) is 9.77 Å². The minimum atomic E-state index is -3.48. The SMILES string of the molecule is CCCn1c(=O)sc2cc(S(=O)(=O)N3CCNCC3)ccc21. The van der Waals surface area contributed by atoms with Crippen molar-refractivity contribution in [2.45, 2.75) is 24.8 Å². The molecule has 1 aromatic carbocycles. The summed E-state index contributed by atoms with van der Waals surface area (Å²) in [5, 5.41) is 3.14. The molecular formula is C14H19N3O3S2. The van der Waals surface area contributed by atoms with E-state index in [4.69, 9.17) is 0 Å². The molecule has 1 aliphatic rings. The molecule has 1 aromatic heterocycles. The summed E-state index contributed by atoms with van der Waals surface area (Å²) < 4.78 is 29.3. The van der Waals surface area contributed by atoms with Gasteiger partial charge in [-0.3, -0.25) is 9.36 Å². The van der Waals surface area contributed by atoms with Gasteiger partial charge in [0.05, 0.1) is 15.1 Å². The maximum Gasteiger partial charge on any atom is 0.308 e. The molecule has 1 fully saturated rings. The molecule has 0 amide bonds. The van der Waals surface area contributed by atoms with Crippen molar-refractivity contribution in [3.8, 4) is 0 Å². The molecule has 0 saturated carbocycles. The smallest absolute Gasteiger partial charge is 0.308 e. The Hall–Kier alpha value is -1.22. The quantitative estimate of drug-likeness (QED) is 0.903. The molecule has 120 valence electrons. The van der Waals surface area contributed by atoms with Gasteiger partial charge in [-0.15, -0.1) is 0 Å². The van der Waals surface area contributed by atoms with Gasteiger partial charge in [-0.2, -0.15) is 4.31 Å².